The fourth-order valence-corrected chi connectivity index (χ4v) is 1.72. The second-order valence-electron chi connectivity index (χ2n) is 3.65. The van der Waals surface area contributed by atoms with Crippen LogP contribution in [-0.2, 0) is 9.53 Å². The maximum absolute atomic E-state index is 10.4. The number of carboxylic acids is 1. The Morgan fingerprint density at radius 2 is 2.38 bits per heavy atom. The lowest BCUT2D eigenvalue weighted by Crippen LogP contribution is -2.30. The van der Waals surface area contributed by atoms with Crippen LogP contribution in [0.2, 0.25) is 0 Å². The monoisotopic (exact) mass is 183 g/mol. The molecule has 0 saturated heterocycles. The summed E-state index contributed by atoms with van der Waals surface area (Å²) < 4.78 is 5.45. The molecule has 0 aromatic carbocycles. The number of nitrogens with zero attached hydrogens (tertiary/aromatic N) is 1. The molecule has 0 amide bonds. The van der Waals surface area contributed by atoms with Gasteiger partial charge in [0.15, 0.2) is 5.90 Å². The number of aliphatic carboxylic acids is 1. The summed E-state index contributed by atoms with van der Waals surface area (Å²) in [5.41, 5.74) is 0. The molecule has 0 aromatic rings. The lowest BCUT2D eigenvalue weighted by Gasteiger charge is -2.29. The van der Waals surface area contributed by atoms with E-state index >= 15 is 0 Å². The fraction of sp³-hybridized carbons (Fsp3) is 0.778. The van der Waals surface area contributed by atoms with Crippen LogP contribution in [0.25, 0.3) is 0 Å². The van der Waals surface area contributed by atoms with Gasteiger partial charge in [0, 0.05) is 0 Å². The molecule has 2 aliphatic rings. The van der Waals surface area contributed by atoms with Crippen LogP contribution < -0.4 is 0 Å². The van der Waals surface area contributed by atoms with Crippen molar-refractivity contribution in [3.05, 3.63) is 0 Å². The zero-order valence-corrected chi connectivity index (χ0v) is 7.40. The van der Waals surface area contributed by atoms with Gasteiger partial charge in [-0.25, -0.2) is 0 Å². The lowest BCUT2D eigenvalue weighted by atomic mass is 9.81. The standard InChI is InChI=1S/C9H13NO3/c11-9(12)4-8-10-5-7(13-8)6-2-1-3-6/h6-7H,1-5H2,(H,11,12). The van der Waals surface area contributed by atoms with Gasteiger partial charge >= 0.3 is 5.97 Å². The molecule has 1 fully saturated rings. The van der Waals surface area contributed by atoms with Crippen LogP contribution in [0.5, 0.6) is 0 Å². The zero-order chi connectivity index (χ0) is 9.26. The van der Waals surface area contributed by atoms with Crippen LogP contribution in [0, 0.1) is 5.92 Å². The predicted octanol–water partition coefficient (Wildman–Crippen LogP) is 1.06. The van der Waals surface area contributed by atoms with E-state index in [1.807, 2.05) is 0 Å². The summed E-state index contributed by atoms with van der Waals surface area (Å²) in [5, 5.41) is 8.51. The summed E-state index contributed by atoms with van der Waals surface area (Å²) in [4.78, 5) is 14.4. The fourth-order valence-electron chi connectivity index (χ4n) is 1.72. The Kier molecular flexibility index (Phi) is 2.20. The van der Waals surface area contributed by atoms with Crippen molar-refractivity contribution in [2.24, 2.45) is 10.9 Å². The maximum Gasteiger partial charge on any atom is 0.312 e. The van der Waals surface area contributed by atoms with E-state index in [1.54, 1.807) is 0 Å². The molecule has 0 radical (unpaired) electrons. The second-order valence-corrected chi connectivity index (χ2v) is 3.65. The topological polar surface area (TPSA) is 58.9 Å². The Morgan fingerprint density at radius 1 is 1.62 bits per heavy atom. The zero-order valence-electron chi connectivity index (χ0n) is 7.40. The molecule has 1 atom stereocenters. The van der Waals surface area contributed by atoms with Crippen molar-refractivity contribution in [2.45, 2.75) is 31.8 Å². The molecule has 4 heteroatoms. The van der Waals surface area contributed by atoms with Crippen LogP contribution in [0.1, 0.15) is 25.7 Å². The second kappa shape index (κ2) is 3.36. The van der Waals surface area contributed by atoms with Crippen molar-refractivity contribution in [1.82, 2.24) is 0 Å². The van der Waals surface area contributed by atoms with Crippen molar-refractivity contribution >= 4 is 11.9 Å². The number of carboxylic acid groups (broad SMARTS) is 1. The first-order chi connectivity index (χ1) is 6.25. The van der Waals surface area contributed by atoms with Gasteiger partial charge in [-0.2, -0.15) is 0 Å². The predicted molar refractivity (Wildman–Crippen MR) is 46.8 cm³/mol. The van der Waals surface area contributed by atoms with Crippen molar-refractivity contribution in [3.63, 3.8) is 0 Å². The largest absolute Gasteiger partial charge is 0.481 e. The number of rotatable bonds is 3. The van der Waals surface area contributed by atoms with Gasteiger partial charge in [0.05, 0.1) is 6.54 Å². The highest BCUT2D eigenvalue weighted by atomic mass is 16.5. The van der Waals surface area contributed by atoms with Gasteiger partial charge in [-0.05, 0) is 18.8 Å². The van der Waals surface area contributed by atoms with Crippen LogP contribution in [0.4, 0.5) is 0 Å². The van der Waals surface area contributed by atoms with E-state index < -0.39 is 5.97 Å². The van der Waals surface area contributed by atoms with Gasteiger partial charge in [-0.15, -0.1) is 0 Å². The number of hydrogen-bond acceptors (Lipinski definition) is 3. The number of carbonyl (C=O) groups is 1. The minimum atomic E-state index is -0.868. The van der Waals surface area contributed by atoms with Crippen LogP contribution in [0.15, 0.2) is 4.99 Å². The quantitative estimate of drug-likeness (QED) is 0.711. The molecule has 1 aliphatic heterocycles. The minimum Gasteiger partial charge on any atom is -0.481 e. The molecule has 1 aliphatic carbocycles. The first kappa shape index (κ1) is 8.53. The van der Waals surface area contributed by atoms with Gasteiger partial charge in [0.1, 0.15) is 12.5 Å². The van der Waals surface area contributed by atoms with E-state index in [4.69, 9.17) is 9.84 Å². The lowest BCUT2D eigenvalue weighted by molar-refractivity contribution is -0.135. The molecule has 0 aromatic heterocycles. The number of ether oxygens (including phenoxy) is 1. The summed E-state index contributed by atoms with van der Waals surface area (Å²) in [6.45, 7) is 0.660. The van der Waals surface area contributed by atoms with Gasteiger partial charge in [0.25, 0.3) is 0 Å². The van der Waals surface area contributed by atoms with Crippen LogP contribution >= 0.6 is 0 Å². The Balaban J connectivity index is 1.80. The SMILES string of the molecule is O=C(O)CC1=NCC(C2CCC2)O1. The summed E-state index contributed by atoms with van der Waals surface area (Å²) in [6.07, 6.45) is 3.80. The molecular weight excluding hydrogens is 170 g/mol. The highest BCUT2D eigenvalue weighted by Crippen LogP contribution is 2.33. The number of hydrogen-bond donors (Lipinski definition) is 1. The van der Waals surface area contributed by atoms with E-state index in [2.05, 4.69) is 4.99 Å². The van der Waals surface area contributed by atoms with E-state index in [0.717, 1.165) is 0 Å². The molecule has 4 nitrogen and oxygen atoms in total. The summed E-state index contributed by atoms with van der Waals surface area (Å²) in [7, 11) is 0. The van der Waals surface area contributed by atoms with Crippen molar-refractivity contribution in [3.8, 4) is 0 Å². The molecular formula is C9H13NO3. The normalized spacial score (nSPS) is 27.7. The average molecular weight is 183 g/mol. The van der Waals surface area contributed by atoms with Gasteiger partial charge in [-0.3, -0.25) is 9.79 Å². The molecule has 1 saturated carbocycles. The first-order valence-corrected chi connectivity index (χ1v) is 4.67. The van der Waals surface area contributed by atoms with Gasteiger partial charge in [0.2, 0.25) is 0 Å². The van der Waals surface area contributed by atoms with Crippen molar-refractivity contribution in [2.75, 3.05) is 6.54 Å². The Labute approximate surface area is 76.6 Å². The minimum absolute atomic E-state index is 0.0663. The van der Waals surface area contributed by atoms with Gasteiger partial charge < -0.3 is 9.84 Å². The van der Waals surface area contributed by atoms with E-state index in [0.29, 0.717) is 18.4 Å². The van der Waals surface area contributed by atoms with Crippen LogP contribution in [0.3, 0.4) is 0 Å². The van der Waals surface area contributed by atoms with Crippen molar-refractivity contribution in [1.29, 1.82) is 0 Å². The van der Waals surface area contributed by atoms with Crippen molar-refractivity contribution < 1.29 is 14.6 Å². The van der Waals surface area contributed by atoms with E-state index in [9.17, 15) is 4.79 Å². The molecule has 0 spiro atoms. The summed E-state index contributed by atoms with van der Waals surface area (Å²) in [6, 6.07) is 0. The van der Waals surface area contributed by atoms with E-state index in [-0.39, 0.29) is 12.5 Å². The third kappa shape index (κ3) is 1.82. The summed E-state index contributed by atoms with van der Waals surface area (Å²) >= 11 is 0. The molecule has 1 N–H and O–H groups in total. The van der Waals surface area contributed by atoms with Crippen LogP contribution in [-0.4, -0.2) is 29.6 Å². The molecule has 1 heterocycles. The molecule has 0 bridgehead atoms. The Bertz CT molecular complexity index is 245. The molecule has 1 unspecified atom stereocenters. The highest BCUT2D eigenvalue weighted by molar-refractivity contribution is 5.94. The first-order valence-electron chi connectivity index (χ1n) is 4.67. The van der Waals surface area contributed by atoms with E-state index in [1.165, 1.54) is 19.3 Å². The smallest absolute Gasteiger partial charge is 0.312 e. The molecule has 72 valence electrons. The third-order valence-electron chi connectivity index (χ3n) is 2.71. The highest BCUT2D eigenvalue weighted by Gasteiger charge is 2.32. The Morgan fingerprint density at radius 3 is 2.92 bits per heavy atom. The third-order valence-corrected chi connectivity index (χ3v) is 2.71. The Hall–Kier alpha value is -1.06. The molecule has 13 heavy (non-hydrogen) atoms. The summed E-state index contributed by atoms with van der Waals surface area (Å²) in [5.74, 6) is 0.160. The maximum atomic E-state index is 10.4. The molecule has 2 rings (SSSR count). The van der Waals surface area contributed by atoms with Gasteiger partial charge in [-0.1, -0.05) is 6.42 Å². The average Bonchev–Trinajstić information content (AvgIpc) is 2.31. The number of aliphatic imine (C=N–C) groups is 1.